The number of rotatable bonds is 4. The van der Waals surface area contributed by atoms with Gasteiger partial charge in [-0.3, -0.25) is 9.59 Å². The van der Waals surface area contributed by atoms with Gasteiger partial charge < -0.3 is 15.1 Å². The normalized spacial score (nSPS) is 15.7. The number of hydrogen-bond donors (Lipinski definition) is 1. The summed E-state index contributed by atoms with van der Waals surface area (Å²) in [4.78, 5) is 29.9. The minimum absolute atomic E-state index is 0.0815. The standard InChI is InChI=1S/C26H25Cl2N3O2/c1-30(2)23-8-5-15-31(24-14-11-18(27)16-21(23)24)26(33)17-9-12-19(13-10-17)29-25(32)20-6-3-4-7-22(20)28/h3-4,6-7,9-14,16,23H,5,8,15H2,1-2H3,(H,29,32). The van der Waals surface area contributed by atoms with Crippen molar-refractivity contribution in [2.24, 2.45) is 0 Å². The van der Waals surface area contributed by atoms with E-state index in [1.165, 1.54) is 0 Å². The lowest BCUT2D eigenvalue weighted by Crippen LogP contribution is -2.31. The summed E-state index contributed by atoms with van der Waals surface area (Å²) in [7, 11) is 4.09. The highest BCUT2D eigenvalue weighted by Gasteiger charge is 2.28. The van der Waals surface area contributed by atoms with Crippen LogP contribution in [0.25, 0.3) is 0 Å². The van der Waals surface area contributed by atoms with Crippen LogP contribution in [-0.4, -0.2) is 37.4 Å². The third kappa shape index (κ3) is 5.06. The number of carbonyl (C=O) groups is 2. The molecule has 1 N–H and O–H groups in total. The van der Waals surface area contributed by atoms with Crippen LogP contribution in [0.15, 0.2) is 66.7 Å². The van der Waals surface area contributed by atoms with Crippen molar-refractivity contribution < 1.29 is 9.59 Å². The Labute approximate surface area is 203 Å². The molecule has 3 aromatic carbocycles. The van der Waals surface area contributed by atoms with Gasteiger partial charge >= 0.3 is 0 Å². The Hall–Kier alpha value is -2.86. The molecule has 2 amide bonds. The number of carbonyl (C=O) groups excluding carboxylic acids is 2. The summed E-state index contributed by atoms with van der Waals surface area (Å²) in [6, 6.07) is 19.7. The van der Waals surface area contributed by atoms with Crippen LogP contribution >= 0.6 is 23.2 Å². The number of hydrogen-bond acceptors (Lipinski definition) is 3. The van der Waals surface area contributed by atoms with Gasteiger partial charge in [-0.1, -0.05) is 35.3 Å². The SMILES string of the molecule is CN(C)C1CCCN(C(=O)c2ccc(NC(=O)c3ccccc3Cl)cc2)c2ccc(Cl)cc21. The van der Waals surface area contributed by atoms with Crippen molar-refractivity contribution >= 4 is 46.4 Å². The molecule has 1 aliphatic rings. The molecule has 3 aromatic rings. The zero-order valence-electron chi connectivity index (χ0n) is 18.5. The van der Waals surface area contributed by atoms with Crippen molar-refractivity contribution in [3.8, 4) is 0 Å². The fraction of sp³-hybridized carbons (Fsp3) is 0.231. The van der Waals surface area contributed by atoms with Crippen molar-refractivity contribution in [2.75, 3.05) is 30.9 Å². The van der Waals surface area contributed by atoms with Crippen molar-refractivity contribution in [3.63, 3.8) is 0 Å². The van der Waals surface area contributed by atoms with Gasteiger partial charge in [0.25, 0.3) is 11.8 Å². The van der Waals surface area contributed by atoms with E-state index in [-0.39, 0.29) is 17.9 Å². The molecule has 4 rings (SSSR count). The first-order valence-corrected chi connectivity index (χ1v) is 11.5. The molecule has 170 valence electrons. The zero-order valence-corrected chi connectivity index (χ0v) is 20.0. The molecule has 7 heteroatoms. The maximum atomic E-state index is 13.5. The second kappa shape index (κ2) is 9.96. The van der Waals surface area contributed by atoms with E-state index < -0.39 is 0 Å². The lowest BCUT2D eigenvalue weighted by atomic mass is 10.0. The van der Waals surface area contributed by atoms with Crippen LogP contribution in [0.1, 0.15) is 45.2 Å². The highest BCUT2D eigenvalue weighted by atomic mass is 35.5. The smallest absolute Gasteiger partial charge is 0.258 e. The molecule has 1 atom stereocenters. The molecular formula is C26H25Cl2N3O2. The van der Waals surface area contributed by atoms with Gasteiger partial charge in [-0.2, -0.15) is 0 Å². The van der Waals surface area contributed by atoms with Crippen LogP contribution < -0.4 is 10.2 Å². The topological polar surface area (TPSA) is 52.6 Å². The highest BCUT2D eigenvalue weighted by molar-refractivity contribution is 6.34. The van der Waals surface area contributed by atoms with E-state index in [0.29, 0.717) is 33.4 Å². The van der Waals surface area contributed by atoms with Crippen LogP contribution in [0.4, 0.5) is 11.4 Å². The largest absolute Gasteiger partial charge is 0.322 e. The molecule has 1 aliphatic heterocycles. The second-order valence-electron chi connectivity index (χ2n) is 8.29. The Morgan fingerprint density at radius 2 is 1.73 bits per heavy atom. The summed E-state index contributed by atoms with van der Waals surface area (Å²) in [5.41, 5.74) is 3.48. The number of nitrogens with zero attached hydrogens (tertiary/aromatic N) is 2. The van der Waals surface area contributed by atoms with Gasteiger partial charge in [0.1, 0.15) is 0 Å². The molecule has 0 bridgehead atoms. The highest BCUT2D eigenvalue weighted by Crippen LogP contribution is 2.37. The fourth-order valence-corrected chi connectivity index (χ4v) is 4.60. The molecule has 5 nitrogen and oxygen atoms in total. The third-order valence-electron chi connectivity index (χ3n) is 5.88. The van der Waals surface area contributed by atoms with Gasteiger partial charge in [0.2, 0.25) is 0 Å². The minimum Gasteiger partial charge on any atom is -0.322 e. The lowest BCUT2D eigenvalue weighted by molar-refractivity contribution is 0.0985. The van der Waals surface area contributed by atoms with Crippen LogP contribution in [0.3, 0.4) is 0 Å². The maximum Gasteiger partial charge on any atom is 0.258 e. The van der Waals surface area contributed by atoms with Gasteiger partial charge in [0.15, 0.2) is 0 Å². The minimum atomic E-state index is -0.298. The Morgan fingerprint density at radius 1 is 1.00 bits per heavy atom. The number of halogens is 2. The molecule has 0 fully saturated rings. The van der Waals surface area contributed by atoms with Crippen molar-refractivity contribution in [1.82, 2.24) is 4.90 Å². The zero-order chi connectivity index (χ0) is 23.5. The van der Waals surface area contributed by atoms with Gasteiger partial charge in [0.05, 0.1) is 10.6 Å². The Bertz CT molecular complexity index is 1180. The quantitative estimate of drug-likeness (QED) is 0.476. The van der Waals surface area contributed by atoms with Crippen molar-refractivity contribution in [3.05, 3.63) is 93.5 Å². The summed E-state index contributed by atoms with van der Waals surface area (Å²) in [6.07, 6.45) is 1.82. The van der Waals surface area contributed by atoms with Crippen molar-refractivity contribution in [2.45, 2.75) is 18.9 Å². The monoisotopic (exact) mass is 481 g/mol. The number of fused-ring (bicyclic) bond motifs is 1. The summed E-state index contributed by atoms with van der Waals surface area (Å²) < 4.78 is 0. The van der Waals surface area contributed by atoms with Gasteiger partial charge in [-0.05, 0) is 87.1 Å². The van der Waals surface area contributed by atoms with E-state index in [4.69, 9.17) is 23.2 Å². The summed E-state index contributed by atoms with van der Waals surface area (Å²) in [5, 5.41) is 3.87. The first-order valence-electron chi connectivity index (χ1n) is 10.8. The predicted octanol–water partition coefficient (Wildman–Crippen LogP) is 6.29. The van der Waals surface area contributed by atoms with Crippen LogP contribution in [0.2, 0.25) is 10.0 Å². The molecular weight excluding hydrogens is 457 g/mol. The summed E-state index contributed by atoms with van der Waals surface area (Å²) in [6.45, 7) is 0.628. The number of amides is 2. The number of benzene rings is 3. The van der Waals surface area contributed by atoms with E-state index >= 15 is 0 Å². The molecule has 0 radical (unpaired) electrons. The molecule has 1 unspecified atom stereocenters. The van der Waals surface area contributed by atoms with Crippen LogP contribution in [-0.2, 0) is 0 Å². The first kappa shape index (κ1) is 23.3. The van der Waals surface area contributed by atoms with Crippen molar-refractivity contribution in [1.29, 1.82) is 0 Å². The van der Waals surface area contributed by atoms with E-state index in [0.717, 1.165) is 24.1 Å². The Kier molecular flexibility index (Phi) is 7.03. The third-order valence-corrected chi connectivity index (χ3v) is 6.44. The van der Waals surface area contributed by atoms with E-state index in [1.807, 2.05) is 37.2 Å². The van der Waals surface area contributed by atoms with E-state index in [1.54, 1.807) is 48.5 Å². The fourth-order valence-electron chi connectivity index (χ4n) is 4.20. The Balaban J connectivity index is 1.56. The van der Waals surface area contributed by atoms with Crippen LogP contribution in [0, 0.1) is 0 Å². The second-order valence-corrected chi connectivity index (χ2v) is 9.14. The molecule has 0 aliphatic carbocycles. The molecule has 0 aromatic heterocycles. The molecule has 0 spiro atoms. The van der Waals surface area contributed by atoms with E-state index in [2.05, 4.69) is 10.2 Å². The van der Waals surface area contributed by atoms with Crippen LogP contribution in [0.5, 0.6) is 0 Å². The Morgan fingerprint density at radius 3 is 2.42 bits per heavy atom. The molecule has 0 saturated heterocycles. The number of anilines is 2. The maximum absolute atomic E-state index is 13.5. The van der Waals surface area contributed by atoms with Gasteiger partial charge in [-0.25, -0.2) is 0 Å². The van der Waals surface area contributed by atoms with Gasteiger partial charge in [0, 0.05) is 34.5 Å². The lowest BCUT2D eigenvalue weighted by Gasteiger charge is -2.27. The molecule has 33 heavy (non-hydrogen) atoms. The number of nitrogens with one attached hydrogen (secondary N) is 1. The average molecular weight is 482 g/mol. The summed E-state index contributed by atoms with van der Waals surface area (Å²) >= 11 is 12.4. The molecule has 1 heterocycles. The average Bonchev–Trinajstić information content (AvgIpc) is 2.98. The summed E-state index contributed by atoms with van der Waals surface area (Å²) in [5.74, 6) is -0.380. The first-order chi connectivity index (χ1) is 15.8. The molecule has 0 saturated carbocycles. The van der Waals surface area contributed by atoms with E-state index in [9.17, 15) is 9.59 Å². The van der Waals surface area contributed by atoms with Gasteiger partial charge in [-0.15, -0.1) is 0 Å². The predicted molar refractivity (Wildman–Crippen MR) is 135 cm³/mol.